The van der Waals surface area contributed by atoms with Crippen LogP contribution < -0.4 is 5.32 Å². The SMILES string of the molecule is Cn1nncc1C(=O)CCC1CCNC1. The molecule has 0 spiro atoms. The fraction of sp³-hybridized carbons (Fsp3) is 0.700. The van der Waals surface area contributed by atoms with Gasteiger partial charge in [-0.1, -0.05) is 5.21 Å². The van der Waals surface area contributed by atoms with Gasteiger partial charge in [0.05, 0.1) is 6.20 Å². The molecule has 1 fully saturated rings. The van der Waals surface area contributed by atoms with Crippen LogP contribution in [0.25, 0.3) is 0 Å². The van der Waals surface area contributed by atoms with Gasteiger partial charge in [-0.2, -0.15) is 0 Å². The van der Waals surface area contributed by atoms with Crippen molar-refractivity contribution < 1.29 is 4.79 Å². The summed E-state index contributed by atoms with van der Waals surface area (Å²) in [7, 11) is 1.75. The van der Waals surface area contributed by atoms with Gasteiger partial charge in [0.15, 0.2) is 5.78 Å². The molecular weight excluding hydrogens is 192 g/mol. The molecule has 1 atom stereocenters. The number of nitrogens with one attached hydrogen (secondary N) is 1. The third kappa shape index (κ3) is 2.41. The van der Waals surface area contributed by atoms with Crippen molar-refractivity contribution >= 4 is 5.78 Å². The summed E-state index contributed by atoms with van der Waals surface area (Å²) in [5, 5.41) is 10.8. The number of rotatable bonds is 4. The molecule has 2 rings (SSSR count). The van der Waals surface area contributed by atoms with Crippen molar-refractivity contribution in [2.75, 3.05) is 13.1 Å². The van der Waals surface area contributed by atoms with E-state index in [4.69, 9.17) is 0 Å². The average Bonchev–Trinajstić information content (AvgIpc) is 2.84. The van der Waals surface area contributed by atoms with Gasteiger partial charge in [0.2, 0.25) is 0 Å². The molecule has 82 valence electrons. The van der Waals surface area contributed by atoms with Gasteiger partial charge in [-0.3, -0.25) is 4.79 Å². The van der Waals surface area contributed by atoms with Crippen LogP contribution in [0.5, 0.6) is 0 Å². The van der Waals surface area contributed by atoms with Gasteiger partial charge in [0.1, 0.15) is 5.69 Å². The van der Waals surface area contributed by atoms with E-state index in [1.54, 1.807) is 7.05 Å². The first-order valence-corrected chi connectivity index (χ1v) is 5.36. The quantitative estimate of drug-likeness (QED) is 0.727. The number of Topliss-reactive ketones (excluding diaryl/α,β-unsaturated/α-hetero) is 1. The molecular formula is C10H16N4O. The zero-order valence-corrected chi connectivity index (χ0v) is 8.94. The van der Waals surface area contributed by atoms with Gasteiger partial charge in [-0.15, -0.1) is 5.10 Å². The minimum atomic E-state index is 0.148. The summed E-state index contributed by atoms with van der Waals surface area (Å²) in [6.45, 7) is 2.14. The molecule has 0 aromatic carbocycles. The van der Waals surface area contributed by atoms with Crippen molar-refractivity contribution in [3.8, 4) is 0 Å². The standard InChI is InChI=1S/C10H16N4O/c1-14-9(7-12-13-14)10(15)3-2-8-4-5-11-6-8/h7-8,11H,2-6H2,1H3. The van der Waals surface area contributed by atoms with Crippen molar-refractivity contribution in [2.45, 2.75) is 19.3 Å². The van der Waals surface area contributed by atoms with Gasteiger partial charge in [-0.05, 0) is 31.8 Å². The van der Waals surface area contributed by atoms with Gasteiger partial charge in [-0.25, -0.2) is 4.68 Å². The zero-order chi connectivity index (χ0) is 10.7. The molecule has 0 bridgehead atoms. The van der Waals surface area contributed by atoms with E-state index in [1.807, 2.05) is 0 Å². The van der Waals surface area contributed by atoms with Crippen molar-refractivity contribution in [3.05, 3.63) is 11.9 Å². The van der Waals surface area contributed by atoms with Crippen LogP contribution in [0.15, 0.2) is 6.20 Å². The van der Waals surface area contributed by atoms with Gasteiger partial charge >= 0.3 is 0 Å². The normalized spacial score (nSPS) is 20.7. The van der Waals surface area contributed by atoms with E-state index in [9.17, 15) is 4.79 Å². The monoisotopic (exact) mass is 208 g/mol. The Bertz CT molecular complexity index is 341. The summed E-state index contributed by atoms with van der Waals surface area (Å²) in [4.78, 5) is 11.8. The van der Waals surface area contributed by atoms with Crippen molar-refractivity contribution in [2.24, 2.45) is 13.0 Å². The Hall–Kier alpha value is -1.23. The first kappa shape index (κ1) is 10.3. The lowest BCUT2D eigenvalue weighted by atomic mass is 10.0. The van der Waals surface area contributed by atoms with Gasteiger partial charge < -0.3 is 5.32 Å². The minimum absolute atomic E-state index is 0.148. The van der Waals surface area contributed by atoms with Gasteiger partial charge in [0, 0.05) is 13.5 Å². The number of hydrogen-bond acceptors (Lipinski definition) is 4. The highest BCUT2D eigenvalue weighted by Crippen LogP contribution is 2.15. The molecule has 2 heterocycles. The molecule has 5 nitrogen and oxygen atoms in total. The Labute approximate surface area is 88.9 Å². The third-order valence-electron chi connectivity index (χ3n) is 2.94. The molecule has 0 amide bonds. The summed E-state index contributed by atoms with van der Waals surface area (Å²) in [6, 6.07) is 0. The molecule has 1 aromatic rings. The Morgan fingerprint density at radius 3 is 3.20 bits per heavy atom. The lowest BCUT2D eigenvalue weighted by Gasteiger charge is -2.06. The first-order valence-electron chi connectivity index (χ1n) is 5.36. The first-order chi connectivity index (χ1) is 7.27. The molecule has 0 saturated carbocycles. The van der Waals surface area contributed by atoms with Crippen molar-refractivity contribution in [1.29, 1.82) is 0 Å². The summed E-state index contributed by atoms with van der Waals surface area (Å²) in [6.07, 6.45) is 4.30. The molecule has 0 aliphatic carbocycles. The van der Waals surface area contributed by atoms with Gasteiger partial charge in [0.25, 0.3) is 0 Å². The van der Waals surface area contributed by atoms with E-state index in [0.717, 1.165) is 19.5 Å². The zero-order valence-electron chi connectivity index (χ0n) is 8.94. The number of aromatic nitrogens is 3. The maximum atomic E-state index is 11.8. The second-order valence-electron chi connectivity index (χ2n) is 4.06. The van der Waals surface area contributed by atoms with E-state index in [0.29, 0.717) is 18.0 Å². The lowest BCUT2D eigenvalue weighted by Crippen LogP contribution is -2.12. The number of carbonyl (C=O) groups excluding carboxylic acids is 1. The van der Waals surface area contributed by atoms with Crippen LogP contribution in [0.4, 0.5) is 0 Å². The number of aryl methyl sites for hydroxylation is 1. The molecule has 1 aliphatic rings. The van der Waals surface area contributed by atoms with Crippen LogP contribution in [0, 0.1) is 5.92 Å². The number of nitrogens with zero attached hydrogens (tertiary/aromatic N) is 3. The minimum Gasteiger partial charge on any atom is -0.316 e. The highest BCUT2D eigenvalue weighted by atomic mass is 16.1. The van der Waals surface area contributed by atoms with E-state index >= 15 is 0 Å². The Kier molecular flexibility index (Phi) is 3.11. The number of hydrogen-bond donors (Lipinski definition) is 1. The van der Waals surface area contributed by atoms with E-state index in [2.05, 4.69) is 15.6 Å². The van der Waals surface area contributed by atoms with Crippen LogP contribution in [0.2, 0.25) is 0 Å². The maximum absolute atomic E-state index is 11.8. The average molecular weight is 208 g/mol. The largest absolute Gasteiger partial charge is 0.316 e. The molecule has 1 saturated heterocycles. The number of carbonyl (C=O) groups is 1. The van der Waals surface area contributed by atoms with Crippen LogP contribution in [-0.2, 0) is 7.05 Å². The Morgan fingerprint density at radius 1 is 1.73 bits per heavy atom. The highest BCUT2D eigenvalue weighted by molar-refractivity contribution is 5.94. The predicted octanol–water partition coefficient (Wildman–Crippen LogP) is 0.388. The second kappa shape index (κ2) is 4.53. The predicted molar refractivity (Wildman–Crippen MR) is 55.5 cm³/mol. The maximum Gasteiger partial charge on any atom is 0.182 e. The second-order valence-corrected chi connectivity index (χ2v) is 4.06. The summed E-state index contributed by atoms with van der Waals surface area (Å²) in [5.74, 6) is 0.810. The molecule has 1 aromatic heterocycles. The summed E-state index contributed by atoms with van der Waals surface area (Å²) < 4.78 is 1.54. The molecule has 1 unspecified atom stereocenters. The Morgan fingerprint density at radius 2 is 2.60 bits per heavy atom. The third-order valence-corrected chi connectivity index (χ3v) is 2.94. The molecule has 5 heteroatoms. The van der Waals surface area contributed by atoms with Crippen LogP contribution >= 0.6 is 0 Å². The molecule has 1 aliphatic heterocycles. The lowest BCUT2D eigenvalue weighted by molar-refractivity contribution is 0.0965. The van der Waals surface area contributed by atoms with Crippen LogP contribution in [0.1, 0.15) is 29.8 Å². The van der Waals surface area contributed by atoms with Crippen molar-refractivity contribution in [3.63, 3.8) is 0 Å². The van der Waals surface area contributed by atoms with E-state index in [-0.39, 0.29) is 5.78 Å². The highest BCUT2D eigenvalue weighted by Gasteiger charge is 2.17. The molecule has 15 heavy (non-hydrogen) atoms. The topological polar surface area (TPSA) is 59.8 Å². The fourth-order valence-corrected chi connectivity index (χ4v) is 1.97. The number of ketones is 1. The summed E-state index contributed by atoms with van der Waals surface area (Å²) >= 11 is 0. The van der Waals surface area contributed by atoms with E-state index in [1.165, 1.54) is 17.3 Å². The van der Waals surface area contributed by atoms with E-state index < -0.39 is 0 Å². The smallest absolute Gasteiger partial charge is 0.182 e. The van der Waals surface area contributed by atoms with Crippen LogP contribution in [-0.4, -0.2) is 33.9 Å². The van der Waals surface area contributed by atoms with Crippen LogP contribution in [0.3, 0.4) is 0 Å². The fourth-order valence-electron chi connectivity index (χ4n) is 1.97. The molecule has 1 N–H and O–H groups in total. The van der Waals surface area contributed by atoms with Crippen molar-refractivity contribution in [1.82, 2.24) is 20.3 Å². The Balaban J connectivity index is 1.84. The molecule has 0 radical (unpaired) electrons. The summed E-state index contributed by atoms with van der Waals surface area (Å²) in [5.41, 5.74) is 0.612.